The van der Waals surface area contributed by atoms with Crippen molar-refractivity contribution in [2.75, 3.05) is 6.54 Å². The van der Waals surface area contributed by atoms with Crippen LogP contribution >= 0.6 is 0 Å². The SMILES string of the molecule is CCC1CCCCCN1S(=O)(=O)c1ccn[nH]1. The maximum Gasteiger partial charge on any atom is 0.260 e. The number of nitrogens with one attached hydrogen (secondary N) is 1. The van der Waals surface area contributed by atoms with E-state index in [9.17, 15) is 8.42 Å². The molecule has 1 aliphatic heterocycles. The predicted octanol–water partition coefficient (Wildman–Crippen LogP) is 1.75. The van der Waals surface area contributed by atoms with E-state index in [-0.39, 0.29) is 11.1 Å². The molecule has 1 N–H and O–H groups in total. The molecule has 96 valence electrons. The van der Waals surface area contributed by atoms with Gasteiger partial charge in [-0.15, -0.1) is 0 Å². The fraction of sp³-hybridized carbons (Fsp3) is 0.727. The van der Waals surface area contributed by atoms with Gasteiger partial charge < -0.3 is 0 Å². The van der Waals surface area contributed by atoms with Gasteiger partial charge in [-0.25, -0.2) is 8.42 Å². The van der Waals surface area contributed by atoms with Crippen LogP contribution in [0.15, 0.2) is 17.3 Å². The van der Waals surface area contributed by atoms with Crippen LogP contribution in [0.25, 0.3) is 0 Å². The monoisotopic (exact) mass is 257 g/mol. The lowest BCUT2D eigenvalue weighted by molar-refractivity contribution is 0.314. The standard InChI is InChI=1S/C11H19N3O2S/c1-2-10-6-4-3-5-9-14(10)17(15,16)11-7-8-12-13-11/h7-8,10H,2-6,9H2,1H3,(H,12,13). The van der Waals surface area contributed by atoms with E-state index in [1.165, 1.54) is 12.3 Å². The van der Waals surface area contributed by atoms with Crippen LogP contribution in [0.3, 0.4) is 0 Å². The molecule has 2 rings (SSSR count). The summed E-state index contributed by atoms with van der Waals surface area (Å²) in [6, 6.07) is 1.65. The summed E-state index contributed by atoms with van der Waals surface area (Å²) < 4.78 is 26.5. The van der Waals surface area contributed by atoms with Gasteiger partial charge in [-0.1, -0.05) is 19.8 Å². The van der Waals surface area contributed by atoms with Gasteiger partial charge in [0.2, 0.25) is 0 Å². The van der Waals surface area contributed by atoms with Gasteiger partial charge in [0.25, 0.3) is 10.0 Å². The van der Waals surface area contributed by atoms with Crippen LogP contribution in [-0.4, -0.2) is 35.5 Å². The fourth-order valence-electron chi connectivity index (χ4n) is 2.39. The molecule has 1 atom stereocenters. The van der Waals surface area contributed by atoms with Crippen molar-refractivity contribution >= 4 is 10.0 Å². The highest BCUT2D eigenvalue weighted by atomic mass is 32.2. The minimum atomic E-state index is -3.39. The van der Waals surface area contributed by atoms with Crippen molar-refractivity contribution in [1.82, 2.24) is 14.5 Å². The second-order valence-electron chi connectivity index (χ2n) is 4.45. The van der Waals surface area contributed by atoms with Crippen molar-refractivity contribution in [3.05, 3.63) is 12.3 Å². The van der Waals surface area contributed by atoms with Crippen LogP contribution in [0, 0.1) is 0 Å². The number of hydrogen-bond donors (Lipinski definition) is 1. The Balaban J connectivity index is 2.29. The largest absolute Gasteiger partial charge is 0.266 e. The summed E-state index contributed by atoms with van der Waals surface area (Å²) >= 11 is 0. The molecule has 1 unspecified atom stereocenters. The summed E-state index contributed by atoms with van der Waals surface area (Å²) in [6.07, 6.45) is 6.49. The first-order valence-corrected chi connectivity index (χ1v) is 7.61. The molecule has 6 heteroatoms. The number of hydrogen-bond acceptors (Lipinski definition) is 3. The Labute approximate surface area is 102 Å². The van der Waals surface area contributed by atoms with Crippen molar-refractivity contribution in [2.45, 2.75) is 50.1 Å². The van der Waals surface area contributed by atoms with E-state index in [1.807, 2.05) is 6.92 Å². The number of aromatic amines is 1. The van der Waals surface area contributed by atoms with E-state index in [2.05, 4.69) is 10.2 Å². The van der Waals surface area contributed by atoms with E-state index in [4.69, 9.17) is 0 Å². The molecule has 5 nitrogen and oxygen atoms in total. The third kappa shape index (κ3) is 2.52. The van der Waals surface area contributed by atoms with Crippen LogP contribution in [0.4, 0.5) is 0 Å². The van der Waals surface area contributed by atoms with Crippen molar-refractivity contribution in [3.8, 4) is 0 Å². The third-order valence-electron chi connectivity index (χ3n) is 3.36. The first kappa shape index (κ1) is 12.6. The molecule has 17 heavy (non-hydrogen) atoms. The Kier molecular flexibility index (Phi) is 3.83. The number of rotatable bonds is 3. The molecule has 0 spiro atoms. The lowest BCUT2D eigenvalue weighted by Gasteiger charge is -2.27. The second kappa shape index (κ2) is 5.18. The Morgan fingerprint density at radius 3 is 2.94 bits per heavy atom. The number of nitrogens with zero attached hydrogens (tertiary/aromatic N) is 2. The highest BCUT2D eigenvalue weighted by Crippen LogP contribution is 2.25. The molecule has 0 amide bonds. The van der Waals surface area contributed by atoms with Crippen LogP contribution < -0.4 is 0 Å². The fourth-order valence-corrected chi connectivity index (χ4v) is 4.06. The Morgan fingerprint density at radius 2 is 2.29 bits per heavy atom. The van der Waals surface area contributed by atoms with Gasteiger partial charge in [-0.05, 0) is 25.3 Å². The van der Waals surface area contributed by atoms with Crippen LogP contribution in [0.2, 0.25) is 0 Å². The molecule has 2 heterocycles. The van der Waals surface area contributed by atoms with Gasteiger partial charge in [-0.2, -0.15) is 9.40 Å². The lowest BCUT2D eigenvalue weighted by Crippen LogP contribution is -2.39. The highest BCUT2D eigenvalue weighted by Gasteiger charge is 2.32. The minimum absolute atomic E-state index is 0.130. The van der Waals surface area contributed by atoms with Crippen molar-refractivity contribution in [2.24, 2.45) is 0 Å². The molecule has 1 aromatic rings. The summed E-state index contributed by atoms with van der Waals surface area (Å²) in [5.74, 6) is 0. The van der Waals surface area contributed by atoms with E-state index >= 15 is 0 Å². The van der Waals surface area contributed by atoms with Gasteiger partial charge in [0.15, 0.2) is 5.03 Å². The number of sulfonamides is 1. The smallest absolute Gasteiger partial charge is 0.260 e. The topological polar surface area (TPSA) is 66.1 Å². The summed E-state index contributed by atoms with van der Waals surface area (Å²) in [5.41, 5.74) is 0. The van der Waals surface area contributed by atoms with Gasteiger partial charge in [0.1, 0.15) is 0 Å². The minimum Gasteiger partial charge on any atom is -0.266 e. The normalized spacial score (nSPS) is 23.5. The van der Waals surface area contributed by atoms with Gasteiger partial charge in [0.05, 0.1) is 6.20 Å². The quantitative estimate of drug-likeness (QED) is 0.897. The molecule has 1 aliphatic rings. The zero-order valence-corrected chi connectivity index (χ0v) is 10.9. The summed E-state index contributed by atoms with van der Waals surface area (Å²) in [7, 11) is -3.39. The molecule has 0 saturated carbocycles. The van der Waals surface area contributed by atoms with E-state index in [0.717, 1.165) is 32.1 Å². The zero-order chi connectivity index (χ0) is 12.3. The Hall–Kier alpha value is -0.880. The van der Waals surface area contributed by atoms with E-state index in [0.29, 0.717) is 6.54 Å². The summed E-state index contributed by atoms with van der Waals surface area (Å²) in [6.45, 7) is 2.67. The second-order valence-corrected chi connectivity index (χ2v) is 6.31. The molecule has 0 radical (unpaired) electrons. The average Bonchev–Trinajstić information content (AvgIpc) is 2.74. The molecule has 0 aromatic carbocycles. The summed E-state index contributed by atoms with van der Waals surface area (Å²) in [4.78, 5) is 0. The van der Waals surface area contributed by atoms with E-state index < -0.39 is 10.0 Å². The molecule has 0 bridgehead atoms. The molecular weight excluding hydrogens is 238 g/mol. The third-order valence-corrected chi connectivity index (χ3v) is 5.24. The van der Waals surface area contributed by atoms with Crippen LogP contribution in [0.1, 0.15) is 39.0 Å². The van der Waals surface area contributed by atoms with Gasteiger partial charge in [0, 0.05) is 12.6 Å². The number of H-pyrrole nitrogens is 1. The molecule has 0 aliphatic carbocycles. The van der Waals surface area contributed by atoms with Gasteiger partial charge >= 0.3 is 0 Å². The van der Waals surface area contributed by atoms with Crippen molar-refractivity contribution in [1.29, 1.82) is 0 Å². The molecule has 1 fully saturated rings. The van der Waals surface area contributed by atoms with Crippen LogP contribution in [0.5, 0.6) is 0 Å². The Bertz CT molecular complexity index is 441. The zero-order valence-electron chi connectivity index (χ0n) is 10.1. The van der Waals surface area contributed by atoms with Crippen molar-refractivity contribution in [3.63, 3.8) is 0 Å². The van der Waals surface area contributed by atoms with Crippen molar-refractivity contribution < 1.29 is 8.42 Å². The predicted molar refractivity (Wildman–Crippen MR) is 65.0 cm³/mol. The average molecular weight is 257 g/mol. The molecular formula is C11H19N3O2S. The molecule has 1 aromatic heterocycles. The molecule has 1 saturated heterocycles. The first-order chi connectivity index (χ1) is 8.16. The summed E-state index contributed by atoms with van der Waals surface area (Å²) in [5, 5.41) is 6.49. The first-order valence-electron chi connectivity index (χ1n) is 6.17. The maximum atomic E-state index is 12.4. The lowest BCUT2D eigenvalue weighted by atomic mass is 10.1. The Morgan fingerprint density at radius 1 is 1.47 bits per heavy atom. The highest BCUT2D eigenvalue weighted by molar-refractivity contribution is 7.89. The van der Waals surface area contributed by atoms with Crippen LogP contribution in [-0.2, 0) is 10.0 Å². The van der Waals surface area contributed by atoms with Gasteiger partial charge in [-0.3, -0.25) is 5.10 Å². The van der Waals surface area contributed by atoms with E-state index in [1.54, 1.807) is 4.31 Å². The number of aromatic nitrogens is 2. The maximum absolute atomic E-state index is 12.4.